The molecule has 1 aromatic heterocycles. The summed E-state index contributed by atoms with van der Waals surface area (Å²) in [5.41, 5.74) is 7.10. The minimum Gasteiger partial charge on any atom is -0.349 e. The van der Waals surface area contributed by atoms with Gasteiger partial charge in [0.05, 0.1) is 12.5 Å². The maximum absolute atomic E-state index is 12.1. The van der Waals surface area contributed by atoms with Gasteiger partial charge in [-0.25, -0.2) is 4.98 Å². The lowest BCUT2D eigenvalue weighted by Crippen LogP contribution is -2.35. The van der Waals surface area contributed by atoms with Crippen molar-refractivity contribution >= 4 is 30.7 Å². The molecule has 5 nitrogen and oxygen atoms in total. The second-order valence-electron chi connectivity index (χ2n) is 4.90. The molecule has 0 bridgehead atoms. The van der Waals surface area contributed by atoms with E-state index in [2.05, 4.69) is 10.3 Å². The number of nitrogens with one attached hydrogen (secondary N) is 1. The van der Waals surface area contributed by atoms with Crippen LogP contribution in [0.2, 0.25) is 0 Å². The van der Waals surface area contributed by atoms with Crippen molar-refractivity contribution in [1.29, 1.82) is 0 Å². The zero-order valence-electron chi connectivity index (χ0n) is 12.6. The highest BCUT2D eigenvalue weighted by Crippen LogP contribution is 2.19. The van der Waals surface area contributed by atoms with Gasteiger partial charge in [0.2, 0.25) is 5.91 Å². The molecule has 1 heterocycles. The molecule has 22 heavy (non-hydrogen) atoms. The van der Waals surface area contributed by atoms with Crippen LogP contribution in [0, 0.1) is 5.92 Å². The Kier molecular flexibility index (Phi) is 8.79. The molecule has 1 aromatic carbocycles. The van der Waals surface area contributed by atoms with Crippen LogP contribution >= 0.6 is 24.8 Å². The number of nitrogens with zero attached hydrogens (tertiary/aromatic N) is 2. The number of carbonyl (C=O) groups excluding carboxylic acids is 1. The highest BCUT2D eigenvalue weighted by atomic mass is 35.5. The maximum Gasteiger partial charge on any atom is 0.225 e. The summed E-state index contributed by atoms with van der Waals surface area (Å²) >= 11 is 0. The standard InChI is InChI=1S/C15H20N4O.2ClH/c1-11(14(16)12-6-4-3-5-7-12)15(20)18-10-13-17-8-9-19(13)2;;/h3-9,11,14H,10,16H2,1-2H3,(H,18,20);2*1H. The van der Waals surface area contributed by atoms with E-state index in [9.17, 15) is 4.79 Å². The van der Waals surface area contributed by atoms with Gasteiger partial charge in [0, 0.05) is 25.5 Å². The highest BCUT2D eigenvalue weighted by Gasteiger charge is 2.21. The van der Waals surface area contributed by atoms with Crippen molar-refractivity contribution in [2.45, 2.75) is 19.5 Å². The molecular formula is C15H22Cl2N4O. The van der Waals surface area contributed by atoms with Gasteiger partial charge in [0.1, 0.15) is 5.82 Å². The molecule has 7 heteroatoms. The van der Waals surface area contributed by atoms with Gasteiger partial charge in [-0.15, -0.1) is 24.8 Å². The number of halogens is 2. The fraction of sp³-hybridized carbons (Fsp3) is 0.333. The number of benzene rings is 1. The Balaban J connectivity index is 0.00000220. The van der Waals surface area contributed by atoms with Crippen LogP contribution in [-0.4, -0.2) is 15.5 Å². The number of rotatable bonds is 5. The highest BCUT2D eigenvalue weighted by molar-refractivity contribution is 5.85. The van der Waals surface area contributed by atoms with Crippen molar-refractivity contribution in [3.8, 4) is 0 Å². The second-order valence-corrected chi connectivity index (χ2v) is 4.90. The van der Waals surface area contributed by atoms with Gasteiger partial charge in [0.25, 0.3) is 0 Å². The van der Waals surface area contributed by atoms with Crippen LogP contribution in [0.5, 0.6) is 0 Å². The predicted molar refractivity (Wildman–Crippen MR) is 92.1 cm³/mol. The van der Waals surface area contributed by atoms with Crippen LogP contribution < -0.4 is 11.1 Å². The fourth-order valence-electron chi connectivity index (χ4n) is 2.02. The van der Waals surface area contributed by atoms with Crippen LogP contribution in [-0.2, 0) is 18.4 Å². The van der Waals surface area contributed by atoms with E-state index in [1.165, 1.54) is 0 Å². The number of aromatic nitrogens is 2. The first-order valence-corrected chi connectivity index (χ1v) is 6.64. The van der Waals surface area contributed by atoms with Crippen LogP contribution in [0.1, 0.15) is 24.4 Å². The SMILES string of the molecule is CC(C(=O)NCc1nccn1C)C(N)c1ccccc1.Cl.Cl. The molecule has 122 valence electrons. The van der Waals surface area contributed by atoms with E-state index in [-0.39, 0.29) is 42.7 Å². The summed E-state index contributed by atoms with van der Waals surface area (Å²) < 4.78 is 1.88. The second kappa shape index (κ2) is 9.46. The molecular weight excluding hydrogens is 323 g/mol. The summed E-state index contributed by atoms with van der Waals surface area (Å²) in [6.45, 7) is 2.25. The van der Waals surface area contributed by atoms with Crippen molar-refractivity contribution in [1.82, 2.24) is 14.9 Å². The summed E-state index contributed by atoms with van der Waals surface area (Å²) in [5, 5.41) is 2.87. The van der Waals surface area contributed by atoms with Crippen LogP contribution in [0.15, 0.2) is 42.7 Å². The van der Waals surface area contributed by atoms with Gasteiger partial charge < -0.3 is 15.6 Å². The van der Waals surface area contributed by atoms with E-state index in [0.717, 1.165) is 11.4 Å². The van der Waals surface area contributed by atoms with Gasteiger partial charge in [0.15, 0.2) is 0 Å². The number of hydrogen-bond acceptors (Lipinski definition) is 3. The molecule has 0 aliphatic heterocycles. The maximum atomic E-state index is 12.1. The van der Waals surface area contributed by atoms with Crippen molar-refractivity contribution in [3.63, 3.8) is 0 Å². The summed E-state index contributed by atoms with van der Waals surface area (Å²) in [6, 6.07) is 9.35. The largest absolute Gasteiger partial charge is 0.349 e. The minimum atomic E-state index is -0.308. The first-order chi connectivity index (χ1) is 9.59. The molecule has 3 N–H and O–H groups in total. The third-order valence-corrected chi connectivity index (χ3v) is 3.48. The van der Waals surface area contributed by atoms with Crippen LogP contribution in [0.25, 0.3) is 0 Å². The van der Waals surface area contributed by atoms with Gasteiger partial charge in [-0.3, -0.25) is 4.79 Å². The van der Waals surface area contributed by atoms with Crippen LogP contribution in [0.3, 0.4) is 0 Å². The molecule has 0 aliphatic carbocycles. The van der Waals surface area contributed by atoms with Gasteiger partial charge in [-0.1, -0.05) is 37.3 Å². The Morgan fingerprint density at radius 3 is 2.50 bits per heavy atom. The zero-order valence-corrected chi connectivity index (χ0v) is 14.2. The molecule has 0 spiro atoms. The molecule has 2 aromatic rings. The van der Waals surface area contributed by atoms with E-state index < -0.39 is 0 Å². The van der Waals surface area contributed by atoms with Crippen molar-refractivity contribution < 1.29 is 4.79 Å². The lowest BCUT2D eigenvalue weighted by molar-refractivity contribution is -0.125. The Morgan fingerprint density at radius 2 is 1.95 bits per heavy atom. The van der Waals surface area contributed by atoms with Gasteiger partial charge in [-0.05, 0) is 5.56 Å². The molecule has 2 rings (SSSR count). The lowest BCUT2D eigenvalue weighted by Gasteiger charge is -2.19. The molecule has 0 saturated carbocycles. The lowest BCUT2D eigenvalue weighted by atomic mass is 9.95. The van der Waals surface area contributed by atoms with Crippen molar-refractivity contribution in [3.05, 3.63) is 54.1 Å². The first kappa shape index (κ1) is 20.4. The monoisotopic (exact) mass is 344 g/mol. The minimum absolute atomic E-state index is 0. The van der Waals surface area contributed by atoms with Gasteiger partial charge >= 0.3 is 0 Å². The van der Waals surface area contributed by atoms with Crippen LogP contribution in [0.4, 0.5) is 0 Å². The smallest absolute Gasteiger partial charge is 0.225 e. The molecule has 0 saturated heterocycles. The number of aryl methyl sites for hydroxylation is 1. The molecule has 0 radical (unpaired) electrons. The van der Waals surface area contributed by atoms with E-state index in [0.29, 0.717) is 6.54 Å². The Hall–Kier alpha value is -1.56. The van der Waals surface area contributed by atoms with E-state index in [4.69, 9.17) is 5.73 Å². The Bertz CT molecular complexity index is 574. The van der Waals surface area contributed by atoms with Crippen molar-refractivity contribution in [2.75, 3.05) is 0 Å². The molecule has 1 amide bonds. The van der Waals surface area contributed by atoms with Gasteiger partial charge in [-0.2, -0.15) is 0 Å². The molecule has 0 fully saturated rings. The molecule has 2 unspecified atom stereocenters. The summed E-state index contributed by atoms with van der Waals surface area (Å²) in [6.07, 6.45) is 3.56. The fourth-order valence-corrected chi connectivity index (χ4v) is 2.02. The quantitative estimate of drug-likeness (QED) is 0.873. The summed E-state index contributed by atoms with van der Waals surface area (Å²) in [4.78, 5) is 16.3. The Labute approximate surface area is 143 Å². The number of imidazole rings is 1. The zero-order chi connectivity index (χ0) is 14.5. The third-order valence-electron chi connectivity index (χ3n) is 3.48. The number of nitrogens with two attached hydrogens (primary N) is 1. The number of amides is 1. The average Bonchev–Trinajstić information content (AvgIpc) is 2.89. The van der Waals surface area contributed by atoms with Crippen molar-refractivity contribution in [2.24, 2.45) is 18.7 Å². The summed E-state index contributed by atoms with van der Waals surface area (Å²) in [7, 11) is 1.90. The van der Waals surface area contributed by atoms with E-state index in [1.807, 2.05) is 55.1 Å². The average molecular weight is 345 g/mol. The molecule has 0 aliphatic rings. The number of hydrogen-bond donors (Lipinski definition) is 2. The topological polar surface area (TPSA) is 72.9 Å². The third kappa shape index (κ3) is 5.02. The van der Waals surface area contributed by atoms with E-state index >= 15 is 0 Å². The normalized spacial score (nSPS) is 12.5. The summed E-state index contributed by atoms with van der Waals surface area (Å²) in [5.74, 6) is 0.459. The predicted octanol–water partition coefficient (Wildman–Crippen LogP) is 2.22. The van der Waals surface area contributed by atoms with E-state index in [1.54, 1.807) is 6.20 Å². The molecule has 2 atom stereocenters. The Morgan fingerprint density at radius 1 is 1.32 bits per heavy atom. The first-order valence-electron chi connectivity index (χ1n) is 6.64. The number of carbonyl (C=O) groups is 1.